The van der Waals surface area contributed by atoms with Crippen LogP contribution in [0, 0.1) is 11.8 Å². The Labute approximate surface area is 170 Å². The fourth-order valence-electron chi connectivity index (χ4n) is 3.92. The number of nitrogens with one attached hydrogen (secondary N) is 1. The summed E-state index contributed by atoms with van der Waals surface area (Å²) >= 11 is 0. The number of sulfonamides is 1. The lowest BCUT2D eigenvalue weighted by Crippen LogP contribution is -2.46. The molecule has 5 nitrogen and oxygen atoms in total. The second-order valence-electron chi connectivity index (χ2n) is 8.27. The topological polar surface area (TPSA) is 92.4 Å². The van der Waals surface area contributed by atoms with Gasteiger partial charge in [-0.1, -0.05) is 52.2 Å². The van der Waals surface area contributed by atoms with Gasteiger partial charge in [0.2, 0.25) is 10.0 Å². The highest BCUT2D eigenvalue weighted by molar-refractivity contribution is 7.92. The average molecular weight is 417 g/mol. The van der Waals surface area contributed by atoms with Gasteiger partial charge in [-0.25, -0.2) is 12.8 Å². The van der Waals surface area contributed by atoms with Crippen molar-refractivity contribution in [1.82, 2.24) is 0 Å². The molecule has 0 aliphatic heterocycles. The van der Waals surface area contributed by atoms with Gasteiger partial charge in [0.1, 0.15) is 11.4 Å². The van der Waals surface area contributed by atoms with Crippen molar-refractivity contribution in [2.24, 2.45) is 17.6 Å². The standard InChI is InChI=1S/C21H37FN2O3S/c1-6-9-16(7-2)14-20(4,22)15-17(8-3)21(23,25)18-10-12-19(13-11-18)24-28(5,26)27/h10-13,16-17,24-25H,6-9,14-15,23H2,1-5H3. The van der Waals surface area contributed by atoms with Gasteiger partial charge in [-0.05, 0) is 49.8 Å². The Kier molecular flexibility index (Phi) is 8.91. The molecular formula is C21H37FN2O3S. The lowest BCUT2D eigenvalue weighted by molar-refractivity contribution is -0.0479. The Morgan fingerprint density at radius 2 is 1.71 bits per heavy atom. The fraction of sp³-hybridized carbons (Fsp3) is 0.714. The van der Waals surface area contributed by atoms with E-state index in [0.717, 1.165) is 25.5 Å². The van der Waals surface area contributed by atoms with Gasteiger partial charge in [0.05, 0.1) is 6.26 Å². The van der Waals surface area contributed by atoms with Crippen LogP contribution in [0.3, 0.4) is 0 Å². The van der Waals surface area contributed by atoms with E-state index in [9.17, 15) is 13.5 Å². The molecule has 0 aromatic heterocycles. The van der Waals surface area contributed by atoms with Crippen LogP contribution in [-0.2, 0) is 15.7 Å². The summed E-state index contributed by atoms with van der Waals surface area (Å²) in [6.07, 6.45) is 5.18. The second-order valence-corrected chi connectivity index (χ2v) is 10.0. The van der Waals surface area contributed by atoms with Crippen molar-refractivity contribution in [3.8, 4) is 0 Å². The van der Waals surface area contributed by atoms with E-state index in [2.05, 4.69) is 18.6 Å². The Bertz CT molecular complexity index is 703. The second kappa shape index (κ2) is 10.0. The van der Waals surface area contributed by atoms with Crippen molar-refractivity contribution in [2.45, 2.75) is 77.6 Å². The SMILES string of the molecule is CCCC(CC)CC(C)(F)CC(CC)C(N)(O)c1ccc(NS(C)(=O)=O)cc1. The van der Waals surface area contributed by atoms with Gasteiger partial charge in [0.15, 0.2) is 0 Å². The molecule has 1 aromatic rings. The molecule has 0 spiro atoms. The summed E-state index contributed by atoms with van der Waals surface area (Å²) in [6.45, 7) is 7.68. The summed E-state index contributed by atoms with van der Waals surface area (Å²) < 4.78 is 40.4. The van der Waals surface area contributed by atoms with Crippen LogP contribution in [0.1, 0.15) is 71.8 Å². The van der Waals surface area contributed by atoms with Crippen LogP contribution in [-0.4, -0.2) is 25.4 Å². The van der Waals surface area contributed by atoms with Crippen LogP contribution < -0.4 is 10.5 Å². The first-order valence-corrected chi connectivity index (χ1v) is 12.0. The zero-order valence-corrected chi connectivity index (χ0v) is 18.7. The minimum absolute atomic E-state index is 0.167. The molecule has 1 aromatic carbocycles. The maximum Gasteiger partial charge on any atom is 0.229 e. The molecule has 0 amide bonds. The monoisotopic (exact) mass is 416 g/mol. The van der Waals surface area contributed by atoms with Gasteiger partial charge in [-0.2, -0.15) is 0 Å². The Morgan fingerprint density at radius 3 is 2.14 bits per heavy atom. The number of benzene rings is 1. The molecule has 0 heterocycles. The van der Waals surface area contributed by atoms with Gasteiger partial charge in [-0.3, -0.25) is 10.5 Å². The number of nitrogens with two attached hydrogens (primary N) is 1. The molecule has 0 saturated carbocycles. The van der Waals surface area contributed by atoms with Gasteiger partial charge in [-0.15, -0.1) is 0 Å². The minimum atomic E-state index is -3.38. The summed E-state index contributed by atoms with van der Waals surface area (Å²) in [4.78, 5) is 0. The first kappa shape index (κ1) is 24.9. The molecule has 0 aliphatic rings. The highest BCUT2D eigenvalue weighted by atomic mass is 32.2. The van der Waals surface area contributed by atoms with E-state index >= 15 is 4.39 Å². The molecule has 1 rings (SSSR count). The smallest absolute Gasteiger partial charge is 0.229 e. The van der Waals surface area contributed by atoms with Crippen LogP contribution in [0.15, 0.2) is 24.3 Å². The normalized spacial score (nSPS) is 18.7. The number of rotatable bonds is 12. The summed E-state index contributed by atoms with van der Waals surface area (Å²) in [7, 11) is -3.38. The predicted octanol–water partition coefficient (Wildman–Crippen LogP) is 4.52. The highest BCUT2D eigenvalue weighted by Crippen LogP contribution is 2.38. The fourth-order valence-corrected chi connectivity index (χ4v) is 4.49. The van der Waals surface area contributed by atoms with Gasteiger partial charge in [0, 0.05) is 11.6 Å². The van der Waals surface area contributed by atoms with E-state index in [1.54, 1.807) is 31.2 Å². The molecule has 0 saturated heterocycles. The summed E-state index contributed by atoms with van der Waals surface area (Å²) in [5, 5.41) is 11.0. The van der Waals surface area contributed by atoms with Gasteiger partial charge >= 0.3 is 0 Å². The molecular weight excluding hydrogens is 379 g/mol. The van der Waals surface area contributed by atoms with Crippen molar-refractivity contribution < 1.29 is 17.9 Å². The van der Waals surface area contributed by atoms with E-state index in [0.29, 0.717) is 30.0 Å². The third kappa shape index (κ3) is 7.68. The summed E-state index contributed by atoms with van der Waals surface area (Å²) in [5.41, 5.74) is 3.96. The van der Waals surface area contributed by atoms with Crippen molar-refractivity contribution in [3.63, 3.8) is 0 Å². The summed E-state index contributed by atoms with van der Waals surface area (Å²) in [5.74, 6) is -0.139. The quantitative estimate of drug-likeness (QED) is 0.437. The number of hydrogen-bond acceptors (Lipinski definition) is 4. The van der Waals surface area contributed by atoms with Crippen molar-refractivity contribution in [2.75, 3.05) is 11.0 Å². The van der Waals surface area contributed by atoms with E-state index in [-0.39, 0.29) is 6.42 Å². The molecule has 0 fully saturated rings. The lowest BCUT2D eigenvalue weighted by atomic mass is 9.77. The largest absolute Gasteiger partial charge is 0.371 e. The number of anilines is 1. The van der Waals surface area contributed by atoms with Gasteiger partial charge in [0.25, 0.3) is 0 Å². The molecule has 0 bridgehead atoms. The first-order valence-electron chi connectivity index (χ1n) is 10.1. The van der Waals surface area contributed by atoms with Crippen molar-refractivity contribution >= 4 is 15.7 Å². The number of alkyl halides is 1. The van der Waals surface area contributed by atoms with E-state index in [4.69, 9.17) is 5.73 Å². The Morgan fingerprint density at radius 1 is 1.14 bits per heavy atom. The maximum absolute atomic E-state index is 15.3. The predicted molar refractivity (Wildman–Crippen MR) is 114 cm³/mol. The van der Waals surface area contributed by atoms with E-state index < -0.39 is 27.3 Å². The van der Waals surface area contributed by atoms with Crippen molar-refractivity contribution in [3.05, 3.63) is 29.8 Å². The number of halogens is 1. The van der Waals surface area contributed by atoms with E-state index in [1.807, 2.05) is 6.92 Å². The van der Waals surface area contributed by atoms with Crippen LogP contribution in [0.2, 0.25) is 0 Å². The zero-order chi connectivity index (χ0) is 21.6. The zero-order valence-electron chi connectivity index (χ0n) is 17.8. The lowest BCUT2D eigenvalue weighted by Gasteiger charge is -2.37. The molecule has 7 heteroatoms. The average Bonchev–Trinajstić information content (AvgIpc) is 2.58. The molecule has 28 heavy (non-hydrogen) atoms. The van der Waals surface area contributed by atoms with Crippen LogP contribution in [0.5, 0.6) is 0 Å². The third-order valence-electron chi connectivity index (χ3n) is 5.43. The van der Waals surface area contributed by atoms with Crippen LogP contribution in [0.25, 0.3) is 0 Å². The van der Waals surface area contributed by atoms with Crippen LogP contribution in [0.4, 0.5) is 10.1 Å². The first-order chi connectivity index (χ1) is 12.8. The Balaban J connectivity index is 2.96. The summed E-state index contributed by atoms with van der Waals surface area (Å²) in [6, 6.07) is 6.25. The number of aliphatic hydroxyl groups is 1. The molecule has 4 N–H and O–H groups in total. The highest BCUT2D eigenvalue weighted by Gasteiger charge is 2.39. The number of hydrogen-bond donors (Lipinski definition) is 3. The van der Waals surface area contributed by atoms with E-state index in [1.165, 1.54) is 0 Å². The van der Waals surface area contributed by atoms with Crippen molar-refractivity contribution in [1.29, 1.82) is 0 Å². The maximum atomic E-state index is 15.3. The molecule has 0 aliphatic carbocycles. The molecule has 4 atom stereocenters. The molecule has 0 radical (unpaired) electrons. The van der Waals surface area contributed by atoms with Gasteiger partial charge < -0.3 is 5.11 Å². The molecule has 4 unspecified atom stereocenters. The Hall–Kier alpha value is -1.18. The van der Waals surface area contributed by atoms with Crippen LogP contribution >= 0.6 is 0 Å². The third-order valence-corrected chi connectivity index (χ3v) is 6.03. The minimum Gasteiger partial charge on any atom is -0.371 e. The molecule has 162 valence electrons.